The van der Waals surface area contributed by atoms with Crippen molar-refractivity contribution in [1.29, 1.82) is 0 Å². The lowest BCUT2D eigenvalue weighted by Gasteiger charge is -2.08. The number of ketones is 1. The van der Waals surface area contributed by atoms with E-state index in [4.69, 9.17) is 0 Å². The molecule has 2 aromatic heterocycles. The summed E-state index contributed by atoms with van der Waals surface area (Å²) in [5.41, 5.74) is 4.74. The van der Waals surface area contributed by atoms with Gasteiger partial charge in [0.15, 0.2) is 0 Å². The lowest BCUT2D eigenvalue weighted by Crippen LogP contribution is -2.02. The molecule has 0 aliphatic heterocycles. The molecule has 2 heterocycles. The van der Waals surface area contributed by atoms with Gasteiger partial charge in [0.1, 0.15) is 5.78 Å². The maximum Gasteiger partial charge on any atom is 0.129 e. The van der Waals surface area contributed by atoms with Crippen LogP contribution in [0.3, 0.4) is 0 Å². The van der Waals surface area contributed by atoms with Crippen LogP contribution in [0.15, 0.2) is 30.5 Å². The van der Waals surface area contributed by atoms with E-state index in [2.05, 4.69) is 47.7 Å². The lowest BCUT2D eigenvalue weighted by atomic mass is 10.1. The van der Waals surface area contributed by atoms with Crippen molar-refractivity contribution in [3.63, 3.8) is 0 Å². The number of pyridine rings is 1. The fourth-order valence-electron chi connectivity index (χ4n) is 3.05. The van der Waals surface area contributed by atoms with Crippen LogP contribution < -0.4 is 0 Å². The zero-order chi connectivity index (χ0) is 15.0. The second-order valence-electron chi connectivity index (χ2n) is 5.77. The highest BCUT2D eigenvalue weighted by molar-refractivity contribution is 6.08. The molecule has 0 bridgehead atoms. The molecule has 0 atom stereocenters. The van der Waals surface area contributed by atoms with Gasteiger partial charge in [-0.3, -0.25) is 4.98 Å². The summed E-state index contributed by atoms with van der Waals surface area (Å²) in [4.78, 5) is 15.6. The number of rotatable bonds is 4. The van der Waals surface area contributed by atoms with Crippen molar-refractivity contribution in [3.05, 3.63) is 41.7 Å². The molecular weight excluding hydrogens is 260 g/mol. The van der Waals surface area contributed by atoms with Gasteiger partial charge in [0.25, 0.3) is 0 Å². The summed E-state index contributed by atoms with van der Waals surface area (Å²) in [5, 5.41) is 2.52. The van der Waals surface area contributed by atoms with E-state index in [1.165, 1.54) is 27.4 Å². The summed E-state index contributed by atoms with van der Waals surface area (Å²) in [6.45, 7) is 6.68. The summed E-state index contributed by atoms with van der Waals surface area (Å²) < 4.78 is 2.32. The van der Waals surface area contributed by atoms with Crippen LogP contribution in [0.2, 0.25) is 0 Å². The summed E-state index contributed by atoms with van der Waals surface area (Å²) in [5.74, 6) is 0.252. The van der Waals surface area contributed by atoms with E-state index in [0.717, 1.165) is 18.7 Å². The number of fused-ring (bicyclic) bond motifs is 3. The van der Waals surface area contributed by atoms with E-state index in [-0.39, 0.29) is 5.78 Å². The third-order valence-electron chi connectivity index (χ3n) is 4.02. The number of benzene rings is 1. The second-order valence-corrected chi connectivity index (χ2v) is 5.77. The number of carbonyl (C=O) groups is 1. The number of nitrogens with zero attached hydrogens (tertiary/aromatic N) is 2. The van der Waals surface area contributed by atoms with Crippen LogP contribution >= 0.6 is 0 Å². The molecule has 108 valence electrons. The van der Waals surface area contributed by atoms with Crippen molar-refractivity contribution >= 4 is 27.6 Å². The van der Waals surface area contributed by atoms with Crippen molar-refractivity contribution in [2.45, 2.75) is 40.2 Å². The fourth-order valence-corrected chi connectivity index (χ4v) is 3.05. The Hall–Kier alpha value is -2.16. The Labute approximate surface area is 124 Å². The topological polar surface area (TPSA) is 34.9 Å². The van der Waals surface area contributed by atoms with E-state index in [1.807, 2.05) is 6.20 Å². The number of hydrogen-bond acceptors (Lipinski definition) is 2. The average molecular weight is 280 g/mol. The predicted molar refractivity (Wildman–Crippen MR) is 86.6 cm³/mol. The highest BCUT2D eigenvalue weighted by Gasteiger charge is 2.13. The van der Waals surface area contributed by atoms with E-state index < -0.39 is 0 Å². The van der Waals surface area contributed by atoms with E-state index in [9.17, 15) is 4.79 Å². The molecule has 0 saturated carbocycles. The number of hydrogen-bond donors (Lipinski definition) is 0. The van der Waals surface area contributed by atoms with Gasteiger partial charge in [0.05, 0.1) is 11.2 Å². The Kier molecular flexibility index (Phi) is 3.50. The van der Waals surface area contributed by atoms with Gasteiger partial charge in [-0.1, -0.05) is 12.1 Å². The first-order chi connectivity index (χ1) is 10.1. The molecule has 0 saturated heterocycles. The van der Waals surface area contributed by atoms with Crippen LogP contribution in [0.5, 0.6) is 0 Å². The van der Waals surface area contributed by atoms with E-state index in [1.54, 1.807) is 6.92 Å². The molecule has 0 spiro atoms. The quantitative estimate of drug-likeness (QED) is 0.718. The maximum absolute atomic E-state index is 11.2. The van der Waals surface area contributed by atoms with Crippen LogP contribution in [0.1, 0.15) is 31.0 Å². The number of aryl methyl sites for hydroxylation is 3. The summed E-state index contributed by atoms with van der Waals surface area (Å²) in [6, 6.07) is 8.65. The first-order valence-electron chi connectivity index (χ1n) is 7.41. The summed E-state index contributed by atoms with van der Waals surface area (Å²) in [7, 11) is 0. The molecule has 3 nitrogen and oxygen atoms in total. The largest absolute Gasteiger partial charge is 0.339 e. The molecule has 0 N–H and O–H groups in total. The molecule has 0 fully saturated rings. The fraction of sp³-hybridized carbons (Fsp3) is 0.333. The molecule has 0 unspecified atom stereocenters. The minimum Gasteiger partial charge on any atom is -0.339 e. The maximum atomic E-state index is 11.2. The Morgan fingerprint density at radius 3 is 2.76 bits per heavy atom. The highest BCUT2D eigenvalue weighted by Crippen LogP contribution is 2.31. The van der Waals surface area contributed by atoms with Gasteiger partial charge in [-0.2, -0.15) is 0 Å². The van der Waals surface area contributed by atoms with Gasteiger partial charge in [-0.25, -0.2) is 0 Å². The van der Waals surface area contributed by atoms with Crippen molar-refractivity contribution in [1.82, 2.24) is 9.55 Å². The zero-order valence-corrected chi connectivity index (χ0v) is 12.8. The number of aromatic nitrogens is 2. The number of carbonyl (C=O) groups excluding carboxylic acids is 1. The normalized spacial score (nSPS) is 11.4. The molecule has 3 rings (SSSR count). The molecule has 21 heavy (non-hydrogen) atoms. The van der Waals surface area contributed by atoms with Crippen molar-refractivity contribution in [2.24, 2.45) is 0 Å². The average Bonchev–Trinajstić information content (AvgIpc) is 2.74. The monoisotopic (exact) mass is 280 g/mol. The van der Waals surface area contributed by atoms with Crippen LogP contribution in [0.4, 0.5) is 0 Å². The van der Waals surface area contributed by atoms with Crippen molar-refractivity contribution in [2.75, 3.05) is 0 Å². The van der Waals surface area contributed by atoms with Crippen LogP contribution in [0, 0.1) is 13.8 Å². The molecule has 0 radical (unpaired) electrons. The third-order valence-corrected chi connectivity index (χ3v) is 4.02. The molecular formula is C18H20N2O. The minimum atomic E-state index is 0.252. The SMILES string of the molecule is CC(=O)CCCn1c2cc(C)ccc2c2ccnc(C)c21. The Morgan fingerprint density at radius 2 is 2.00 bits per heavy atom. The van der Waals surface area contributed by atoms with Crippen LogP contribution in [-0.4, -0.2) is 15.3 Å². The Balaban J connectivity index is 2.21. The molecule has 1 aromatic carbocycles. The van der Waals surface area contributed by atoms with Gasteiger partial charge < -0.3 is 9.36 Å². The molecule has 0 aliphatic rings. The van der Waals surface area contributed by atoms with E-state index >= 15 is 0 Å². The van der Waals surface area contributed by atoms with Crippen molar-refractivity contribution < 1.29 is 4.79 Å². The smallest absolute Gasteiger partial charge is 0.129 e. The Morgan fingerprint density at radius 1 is 1.19 bits per heavy atom. The standard InChI is InChI=1S/C18H20N2O/c1-12-6-7-15-16-8-9-19-14(3)18(16)20(17(15)11-12)10-4-5-13(2)21/h6-9,11H,4-5,10H2,1-3H3. The van der Waals surface area contributed by atoms with Gasteiger partial charge in [0, 0.05) is 35.5 Å². The van der Waals surface area contributed by atoms with Gasteiger partial charge >= 0.3 is 0 Å². The van der Waals surface area contributed by atoms with Gasteiger partial charge in [0.2, 0.25) is 0 Å². The summed E-state index contributed by atoms with van der Waals surface area (Å²) >= 11 is 0. The highest BCUT2D eigenvalue weighted by atomic mass is 16.1. The van der Waals surface area contributed by atoms with Crippen LogP contribution in [-0.2, 0) is 11.3 Å². The predicted octanol–water partition coefficient (Wildman–Crippen LogP) is 4.18. The van der Waals surface area contributed by atoms with Crippen LogP contribution in [0.25, 0.3) is 21.8 Å². The first-order valence-corrected chi connectivity index (χ1v) is 7.41. The second kappa shape index (κ2) is 5.32. The molecule has 0 aliphatic carbocycles. The Bertz CT molecular complexity index is 830. The molecule has 3 heteroatoms. The van der Waals surface area contributed by atoms with E-state index in [0.29, 0.717) is 6.42 Å². The first kappa shape index (κ1) is 13.8. The van der Waals surface area contributed by atoms with Crippen molar-refractivity contribution in [3.8, 4) is 0 Å². The summed E-state index contributed by atoms with van der Waals surface area (Å²) in [6.07, 6.45) is 3.37. The molecule has 0 amide bonds. The lowest BCUT2D eigenvalue weighted by molar-refractivity contribution is -0.117. The third kappa shape index (κ3) is 2.44. The molecule has 3 aromatic rings. The zero-order valence-electron chi connectivity index (χ0n) is 12.8. The van der Waals surface area contributed by atoms with Gasteiger partial charge in [-0.05, 0) is 44.9 Å². The number of Topliss-reactive ketones (excluding diaryl/α,β-unsaturated/α-hetero) is 1. The minimum absolute atomic E-state index is 0.252. The van der Waals surface area contributed by atoms with Gasteiger partial charge in [-0.15, -0.1) is 0 Å².